The molecule has 0 aliphatic carbocycles. The monoisotopic (exact) mass is 393 g/mol. The van der Waals surface area contributed by atoms with Gasteiger partial charge in [-0.25, -0.2) is 8.42 Å². The lowest BCUT2D eigenvalue weighted by atomic mass is 10.2. The van der Waals surface area contributed by atoms with Gasteiger partial charge in [0.1, 0.15) is 5.69 Å². The number of rotatable bonds is 5. The third kappa shape index (κ3) is 3.34. The van der Waals surface area contributed by atoms with E-state index in [9.17, 15) is 13.2 Å². The fourth-order valence-corrected chi connectivity index (χ4v) is 4.79. The van der Waals surface area contributed by atoms with Crippen LogP contribution in [-0.2, 0) is 16.4 Å². The van der Waals surface area contributed by atoms with E-state index in [0.717, 1.165) is 11.3 Å². The molecule has 0 fully saturated rings. The van der Waals surface area contributed by atoms with Crippen LogP contribution in [0.5, 0.6) is 0 Å². The predicted molar refractivity (Wildman–Crippen MR) is 101 cm³/mol. The molecule has 1 aromatic carbocycles. The second kappa shape index (κ2) is 7.34. The maximum absolute atomic E-state index is 12.7. The van der Waals surface area contributed by atoms with Gasteiger partial charge >= 0.3 is 0 Å². The number of carbonyl (C=O) groups excluding carboxylic acids is 1. The highest BCUT2D eigenvalue weighted by Gasteiger charge is 2.29. The van der Waals surface area contributed by atoms with Crippen molar-refractivity contribution in [1.29, 1.82) is 0 Å². The van der Waals surface area contributed by atoms with Crippen LogP contribution in [0.2, 0.25) is 5.02 Å². The van der Waals surface area contributed by atoms with E-state index in [1.54, 1.807) is 29.2 Å². The molecule has 138 valence electrons. The van der Waals surface area contributed by atoms with Crippen LogP contribution in [0.25, 0.3) is 0 Å². The Morgan fingerprint density at radius 3 is 2.62 bits per heavy atom. The number of anilines is 1. The summed E-state index contributed by atoms with van der Waals surface area (Å²) in [5.74, 6) is -0.245. The zero-order chi connectivity index (χ0) is 18.9. The molecule has 1 amide bonds. The highest BCUT2D eigenvalue weighted by molar-refractivity contribution is 7.89. The first kappa shape index (κ1) is 18.8. The van der Waals surface area contributed by atoms with E-state index in [0.29, 0.717) is 31.1 Å². The first-order valence-electron chi connectivity index (χ1n) is 8.45. The van der Waals surface area contributed by atoms with Crippen LogP contribution < -0.4 is 4.90 Å². The van der Waals surface area contributed by atoms with Crippen molar-refractivity contribution in [1.82, 2.24) is 9.29 Å². The Balaban J connectivity index is 1.93. The van der Waals surface area contributed by atoms with Crippen LogP contribution >= 0.6 is 11.6 Å². The summed E-state index contributed by atoms with van der Waals surface area (Å²) >= 11 is 5.94. The normalized spacial score (nSPS) is 13.9. The van der Waals surface area contributed by atoms with Crippen molar-refractivity contribution in [3.05, 3.63) is 52.8 Å². The highest BCUT2D eigenvalue weighted by atomic mass is 35.5. The minimum atomic E-state index is -3.52. The Morgan fingerprint density at radius 1 is 1.23 bits per heavy atom. The Labute approximate surface area is 158 Å². The molecule has 3 rings (SSSR count). The average Bonchev–Trinajstić information content (AvgIpc) is 3.05. The van der Waals surface area contributed by atoms with Gasteiger partial charge in [-0.3, -0.25) is 9.78 Å². The van der Waals surface area contributed by atoms with Crippen molar-refractivity contribution < 1.29 is 13.2 Å². The number of nitrogens with zero attached hydrogens (tertiary/aromatic N) is 3. The number of pyridine rings is 1. The standard InChI is InChI=1S/C18H20ClN3O3S/c1-3-21(4-2)26(24,25)15-5-6-17-13(11-15)8-10-22(17)18(23)16-12-14(19)7-9-20-16/h5-7,9,11-12H,3-4,8,10H2,1-2H3. The molecule has 2 heterocycles. The number of hydrogen-bond donors (Lipinski definition) is 0. The van der Waals surface area contributed by atoms with E-state index in [1.807, 2.05) is 13.8 Å². The summed E-state index contributed by atoms with van der Waals surface area (Å²) in [6, 6.07) is 8.06. The number of amides is 1. The Hall–Kier alpha value is -1.96. The van der Waals surface area contributed by atoms with Gasteiger partial charge in [0.15, 0.2) is 0 Å². The van der Waals surface area contributed by atoms with Crippen LogP contribution in [0.1, 0.15) is 29.9 Å². The van der Waals surface area contributed by atoms with Crippen LogP contribution in [0.4, 0.5) is 5.69 Å². The van der Waals surface area contributed by atoms with Gasteiger partial charge in [0.25, 0.3) is 5.91 Å². The van der Waals surface area contributed by atoms with Crippen molar-refractivity contribution in [3.63, 3.8) is 0 Å². The zero-order valence-electron chi connectivity index (χ0n) is 14.6. The maximum atomic E-state index is 12.7. The van der Waals surface area contributed by atoms with Crippen LogP contribution in [0.15, 0.2) is 41.4 Å². The summed E-state index contributed by atoms with van der Waals surface area (Å²) < 4.78 is 26.8. The lowest BCUT2D eigenvalue weighted by Gasteiger charge is -2.20. The van der Waals surface area contributed by atoms with E-state index < -0.39 is 10.0 Å². The first-order valence-corrected chi connectivity index (χ1v) is 10.3. The number of fused-ring (bicyclic) bond motifs is 1. The molecule has 8 heteroatoms. The molecule has 0 saturated heterocycles. The Bertz CT molecular complexity index is 942. The number of carbonyl (C=O) groups is 1. The fourth-order valence-electron chi connectivity index (χ4n) is 3.12. The van der Waals surface area contributed by atoms with Gasteiger partial charge in [0.2, 0.25) is 10.0 Å². The molecule has 0 radical (unpaired) electrons. The topological polar surface area (TPSA) is 70.6 Å². The van der Waals surface area contributed by atoms with E-state index in [1.165, 1.54) is 16.6 Å². The number of aromatic nitrogens is 1. The van der Waals surface area contributed by atoms with Gasteiger partial charge in [-0.2, -0.15) is 4.31 Å². The lowest BCUT2D eigenvalue weighted by Crippen LogP contribution is -2.31. The number of hydrogen-bond acceptors (Lipinski definition) is 4. The van der Waals surface area contributed by atoms with Crippen molar-refractivity contribution in [2.24, 2.45) is 0 Å². The summed E-state index contributed by atoms with van der Waals surface area (Å²) in [4.78, 5) is 18.7. The molecular weight excluding hydrogens is 374 g/mol. The Kier molecular flexibility index (Phi) is 5.32. The van der Waals surface area contributed by atoms with Gasteiger partial charge in [0, 0.05) is 36.5 Å². The molecule has 1 aromatic heterocycles. The first-order chi connectivity index (χ1) is 12.4. The van der Waals surface area contributed by atoms with Gasteiger partial charge < -0.3 is 4.90 Å². The molecule has 6 nitrogen and oxygen atoms in total. The van der Waals surface area contributed by atoms with E-state index in [-0.39, 0.29) is 16.5 Å². The summed E-state index contributed by atoms with van der Waals surface area (Å²) in [7, 11) is -3.52. The van der Waals surface area contributed by atoms with E-state index in [4.69, 9.17) is 11.6 Å². The third-order valence-corrected chi connectivity index (χ3v) is 6.76. The van der Waals surface area contributed by atoms with Crippen molar-refractivity contribution >= 4 is 33.2 Å². The second-order valence-electron chi connectivity index (χ2n) is 5.95. The zero-order valence-corrected chi connectivity index (χ0v) is 16.2. The summed E-state index contributed by atoms with van der Waals surface area (Å²) in [6.45, 7) is 4.94. The third-order valence-electron chi connectivity index (χ3n) is 4.48. The molecule has 0 saturated carbocycles. The lowest BCUT2D eigenvalue weighted by molar-refractivity contribution is 0.0984. The van der Waals surface area contributed by atoms with Crippen molar-refractivity contribution in [2.45, 2.75) is 25.2 Å². The van der Waals surface area contributed by atoms with Crippen LogP contribution in [-0.4, -0.2) is 43.2 Å². The predicted octanol–water partition coefficient (Wildman–Crippen LogP) is 2.97. The molecule has 1 aliphatic rings. The minimum absolute atomic E-state index is 0.245. The molecule has 0 unspecified atom stereocenters. The SMILES string of the molecule is CCN(CC)S(=O)(=O)c1ccc2c(c1)CCN2C(=O)c1cc(Cl)ccn1. The summed E-state index contributed by atoms with van der Waals surface area (Å²) in [5, 5.41) is 0.448. The van der Waals surface area contributed by atoms with Crippen molar-refractivity contribution in [2.75, 3.05) is 24.5 Å². The quantitative estimate of drug-likeness (QED) is 0.783. The van der Waals surface area contributed by atoms with Gasteiger partial charge in [0.05, 0.1) is 4.90 Å². The average molecular weight is 394 g/mol. The highest BCUT2D eigenvalue weighted by Crippen LogP contribution is 2.32. The van der Waals surface area contributed by atoms with E-state index >= 15 is 0 Å². The molecule has 0 spiro atoms. The van der Waals surface area contributed by atoms with Gasteiger partial charge in [-0.15, -0.1) is 0 Å². The fraction of sp³-hybridized carbons (Fsp3) is 0.333. The van der Waals surface area contributed by atoms with Gasteiger partial charge in [-0.1, -0.05) is 25.4 Å². The largest absolute Gasteiger partial charge is 0.306 e. The van der Waals surface area contributed by atoms with Crippen LogP contribution in [0, 0.1) is 0 Å². The molecular formula is C18H20ClN3O3S. The van der Waals surface area contributed by atoms with E-state index in [2.05, 4.69) is 4.98 Å². The molecule has 0 N–H and O–H groups in total. The molecule has 1 aliphatic heterocycles. The molecule has 0 bridgehead atoms. The molecule has 2 aromatic rings. The second-order valence-corrected chi connectivity index (χ2v) is 8.32. The van der Waals surface area contributed by atoms with Crippen molar-refractivity contribution in [3.8, 4) is 0 Å². The minimum Gasteiger partial charge on any atom is -0.306 e. The summed E-state index contributed by atoms with van der Waals surface area (Å²) in [5.41, 5.74) is 1.83. The number of halogens is 1. The van der Waals surface area contributed by atoms with Crippen LogP contribution in [0.3, 0.4) is 0 Å². The smallest absolute Gasteiger partial charge is 0.276 e. The number of sulfonamides is 1. The number of benzene rings is 1. The maximum Gasteiger partial charge on any atom is 0.276 e. The molecule has 26 heavy (non-hydrogen) atoms. The summed E-state index contributed by atoms with van der Waals surface area (Å²) in [6.07, 6.45) is 2.09. The van der Waals surface area contributed by atoms with Gasteiger partial charge in [-0.05, 0) is 42.3 Å². The Morgan fingerprint density at radius 2 is 1.96 bits per heavy atom. The molecule has 0 atom stereocenters.